The van der Waals surface area contributed by atoms with Gasteiger partial charge in [-0.3, -0.25) is 5.32 Å². The van der Waals surface area contributed by atoms with Gasteiger partial charge in [0.1, 0.15) is 6.10 Å². The number of carbonyl (C=O) groups is 2. The molecule has 2 atom stereocenters. The second-order valence-electron chi connectivity index (χ2n) is 6.74. The number of hydrogen-bond acceptors (Lipinski definition) is 4. The first-order chi connectivity index (χ1) is 14.3. The van der Waals surface area contributed by atoms with Gasteiger partial charge < -0.3 is 14.9 Å². The molecule has 0 fully saturated rings. The number of rotatable bonds is 6. The molecule has 6 nitrogen and oxygen atoms in total. The molecule has 0 aromatic heterocycles. The summed E-state index contributed by atoms with van der Waals surface area (Å²) in [7, 11) is 0. The molecule has 30 heavy (non-hydrogen) atoms. The van der Waals surface area contributed by atoms with E-state index in [9.17, 15) is 19.1 Å². The predicted octanol–water partition coefficient (Wildman–Crippen LogP) is 5.25. The number of nitrogens with one attached hydrogen (secondary N) is 1. The summed E-state index contributed by atoms with van der Waals surface area (Å²) in [5.41, 5.74) is 0.823. The number of hydrogen-bond donors (Lipinski definition) is 3. The number of carbonyl (C=O) groups excluding carboxylic acids is 1. The van der Waals surface area contributed by atoms with Crippen LogP contribution in [-0.2, 0) is 9.53 Å². The lowest BCUT2D eigenvalue weighted by Gasteiger charge is -2.23. The highest BCUT2D eigenvalue weighted by molar-refractivity contribution is 6.00. The Morgan fingerprint density at radius 3 is 2.57 bits per heavy atom. The average molecular weight is 409 g/mol. The lowest BCUT2D eigenvalue weighted by atomic mass is 9.96. The molecule has 0 aliphatic rings. The Labute approximate surface area is 172 Å². The molecular weight excluding hydrogens is 389 g/mol. The molecular formula is C23H20FNO5. The van der Waals surface area contributed by atoms with Crippen LogP contribution in [0.1, 0.15) is 18.6 Å². The van der Waals surface area contributed by atoms with Crippen molar-refractivity contribution in [2.24, 2.45) is 5.92 Å². The largest absolute Gasteiger partial charge is 0.505 e. The van der Waals surface area contributed by atoms with Crippen LogP contribution in [0.2, 0.25) is 0 Å². The topological polar surface area (TPSA) is 95.9 Å². The van der Waals surface area contributed by atoms with Gasteiger partial charge in [-0.05, 0) is 29.1 Å². The van der Waals surface area contributed by atoms with E-state index in [1.165, 1.54) is 12.1 Å². The van der Waals surface area contributed by atoms with Crippen LogP contribution >= 0.6 is 0 Å². The molecule has 7 heteroatoms. The summed E-state index contributed by atoms with van der Waals surface area (Å²) in [6.07, 6.45) is 0.523. The van der Waals surface area contributed by atoms with E-state index in [2.05, 4.69) is 5.32 Å². The summed E-state index contributed by atoms with van der Waals surface area (Å²) in [6.45, 7) is 1.64. The Morgan fingerprint density at radius 1 is 1.10 bits per heavy atom. The normalized spacial score (nSPS) is 13.1. The van der Waals surface area contributed by atoms with Crippen LogP contribution in [0, 0.1) is 11.7 Å². The van der Waals surface area contributed by atoms with Gasteiger partial charge in [-0.1, -0.05) is 55.5 Å². The van der Waals surface area contributed by atoms with Gasteiger partial charge in [-0.2, -0.15) is 0 Å². The maximum absolute atomic E-state index is 13.9. The zero-order valence-corrected chi connectivity index (χ0v) is 16.1. The first kappa shape index (κ1) is 20.9. The second kappa shape index (κ2) is 9.09. The van der Waals surface area contributed by atoms with Gasteiger partial charge in [0.15, 0.2) is 11.6 Å². The molecule has 0 spiro atoms. The molecule has 1 amide bonds. The predicted molar refractivity (Wildman–Crippen MR) is 111 cm³/mol. The number of aliphatic carboxylic acids is 1. The van der Waals surface area contributed by atoms with Crippen LogP contribution in [0.15, 0.2) is 72.8 Å². The number of phenolic OH excluding ortho intramolecular Hbond substituents is 1. The molecule has 0 radical (unpaired) electrons. The van der Waals surface area contributed by atoms with E-state index in [0.29, 0.717) is 5.69 Å². The van der Waals surface area contributed by atoms with Gasteiger partial charge in [-0.25, -0.2) is 14.0 Å². The number of amides is 1. The highest BCUT2D eigenvalue weighted by atomic mass is 19.1. The first-order valence-corrected chi connectivity index (χ1v) is 9.20. The SMILES string of the molecule is C[C@@H](/C=C/C(=O)O)[C@@H](OC(=O)Nc1cccc2ccccc12)c1ccc(O)c(F)c1. The van der Waals surface area contributed by atoms with Crippen molar-refractivity contribution >= 4 is 28.5 Å². The minimum absolute atomic E-state index is 0.279. The van der Waals surface area contributed by atoms with E-state index < -0.39 is 35.7 Å². The number of halogens is 1. The van der Waals surface area contributed by atoms with Crippen molar-refractivity contribution < 1.29 is 28.9 Å². The molecule has 0 heterocycles. The number of carboxylic acid groups (broad SMARTS) is 1. The van der Waals surface area contributed by atoms with Crippen molar-refractivity contribution in [3.8, 4) is 5.75 Å². The Bertz CT molecular complexity index is 1110. The summed E-state index contributed by atoms with van der Waals surface area (Å²) < 4.78 is 19.4. The number of benzene rings is 3. The van der Waals surface area contributed by atoms with Gasteiger partial charge in [0, 0.05) is 17.4 Å². The van der Waals surface area contributed by atoms with Gasteiger partial charge in [0.25, 0.3) is 0 Å². The highest BCUT2D eigenvalue weighted by Crippen LogP contribution is 2.31. The Balaban J connectivity index is 1.86. The molecule has 0 bridgehead atoms. The minimum Gasteiger partial charge on any atom is -0.505 e. The molecule has 3 aromatic carbocycles. The first-order valence-electron chi connectivity index (χ1n) is 9.20. The smallest absolute Gasteiger partial charge is 0.412 e. The van der Waals surface area contributed by atoms with Crippen LogP contribution in [0.3, 0.4) is 0 Å². The molecule has 0 saturated heterocycles. The fourth-order valence-electron chi connectivity index (χ4n) is 3.10. The summed E-state index contributed by atoms with van der Waals surface area (Å²) in [5.74, 6) is -3.14. The zero-order chi connectivity index (χ0) is 21.7. The van der Waals surface area contributed by atoms with Gasteiger partial charge >= 0.3 is 12.1 Å². The standard InChI is InChI=1S/C23H20FNO5/c1-14(9-12-21(27)28)22(16-10-11-20(26)18(24)13-16)30-23(29)25-19-8-4-6-15-5-2-3-7-17(15)19/h2-14,22,26H,1H3,(H,25,29)(H,27,28)/b12-9+/t14-,22+/m0/s1. The molecule has 3 N–H and O–H groups in total. The van der Waals surface area contributed by atoms with E-state index in [1.54, 1.807) is 19.1 Å². The van der Waals surface area contributed by atoms with E-state index >= 15 is 0 Å². The number of ether oxygens (including phenoxy) is 1. The van der Waals surface area contributed by atoms with Gasteiger partial charge in [0.2, 0.25) is 0 Å². The number of anilines is 1. The molecule has 0 aliphatic carbocycles. The maximum atomic E-state index is 13.9. The van der Waals surface area contributed by atoms with Crippen molar-refractivity contribution in [3.05, 3.63) is 84.2 Å². The maximum Gasteiger partial charge on any atom is 0.412 e. The summed E-state index contributed by atoms with van der Waals surface area (Å²) in [5, 5.41) is 22.7. The summed E-state index contributed by atoms with van der Waals surface area (Å²) in [4.78, 5) is 23.5. The third-order valence-corrected chi connectivity index (χ3v) is 4.58. The summed E-state index contributed by atoms with van der Waals surface area (Å²) >= 11 is 0. The van der Waals surface area contributed by atoms with Crippen LogP contribution in [0.4, 0.5) is 14.9 Å². The Hall–Kier alpha value is -3.87. The van der Waals surface area contributed by atoms with E-state index in [0.717, 1.165) is 29.0 Å². The molecule has 3 aromatic rings. The molecule has 154 valence electrons. The van der Waals surface area contributed by atoms with Crippen LogP contribution < -0.4 is 5.32 Å². The van der Waals surface area contributed by atoms with Crippen molar-refractivity contribution in [1.82, 2.24) is 0 Å². The fraction of sp³-hybridized carbons (Fsp3) is 0.130. The number of phenols is 1. The van der Waals surface area contributed by atoms with Gasteiger partial charge in [-0.15, -0.1) is 0 Å². The molecule has 0 aliphatic heterocycles. The second-order valence-corrected chi connectivity index (χ2v) is 6.74. The van der Waals surface area contributed by atoms with Crippen LogP contribution in [0.5, 0.6) is 5.75 Å². The lowest BCUT2D eigenvalue weighted by molar-refractivity contribution is -0.131. The van der Waals surface area contributed by atoms with Crippen molar-refractivity contribution in [2.45, 2.75) is 13.0 Å². The fourth-order valence-corrected chi connectivity index (χ4v) is 3.10. The molecule has 3 rings (SSSR count). The zero-order valence-electron chi connectivity index (χ0n) is 16.1. The highest BCUT2D eigenvalue weighted by Gasteiger charge is 2.24. The van der Waals surface area contributed by atoms with Crippen LogP contribution in [-0.4, -0.2) is 22.3 Å². The number of aromatic hydroxyl groups is 1. The Morgan fingerprint density at radius 2 is 1.83 bits per heavy atom. The molecule has 0 saturated carbocycles. The van der Waals surface area contributed by atoms with E-state index in [1.807, 2.05) is 30.3 Å². The van der Waals surface area contributed by atoms with Crippen molar-refractivity contribution in [3.63, 3.8) is 0 Å². The number of fused-ring (bicyclic) bond motifs is 1. The van der Waals surface area contributed by atoms with E-state index in [-0.39, 0.29) is 5.56 Å². The monoisotopic (exact) mass is 409 g/mol. The minimum atomic E-state index is -1.15. The average Bonchev–Trinajstić information content (AvgIpc) is 2.72. The lowest BCUT2D eigenvalue weighted by Crippen LogP contribution is -2.21. The van der Waals surface area contributed by atoms with Crippen molar-refractivity contribution in [2.75, 3.05) is 5.32 Å². The number of carboxylic acids is 1. The third kappa shape index (κ3) is 4.94. The van der Waals surface area contributed by atoms with Gasteiger partial charge in [0.05, 0.1) is 5.69 Å². The Kier molecular flexibility index (Phi) is 6.32. The van der Waals surface area contributed by atoms with Crippen LogP contribution in [0.25, 0.3) is 10.8 Å². The summed E-state index contributed by atoms with van der Waals surface area (Å²) in [6, 6.07) is 16.5. The third-order valence-electron chi connectivity index (χ3n) is 4.58. The molecule has 0 unspecified atom stereocenters. The van der Waals surface area contributed by atoms with Crippen molar-refractivity contribution in [1.29, 1.82) is 0 Å². The van der Waals surface area contributed by atoms with E-state index in [4.69, 9.17) is 9.84 Å². The quantitative estimate of drug-likeness (QED) is 0.483.